The lowest BCUT2D eigenvalue weighted by molar-refractivity contribution is 0.201. The third-order valence-electron chi connectivity index (χ3n) is 6.28. The minimum atomic E-state index is -0.363. The summed E-state index contributed by atoms with van der Waals surface area (Å²) in [5, 5.41) is 3.77. The summed E-state index contributed by atoms with van der Waals surface area (Å²) in [6, 6.07) is 4.65. The molecule has 3 N–H and O–H groups in total. The van der Waals surface area contributed by atoms with Crippen LogP contribution < -0.4 is 15.8 Å². The number of aromatic nitrogens is 3. The fraction of sp³-hybridized carbons (Fsp3) is 0.455. The van der Waals surface area contributed by atoms with E-state index in [9.17, 15) is 4.39 Å². The predicted molar refractivity (Wildman–Crippen MR) is 110 cm³/mol. The van der Waals surface area contributed by atoms with Gasteiger partial charge in [-0.05, 0) is 49.4 Å². The Kier molecular flexibility index (Phi) is 4.62. The number of aryl methyl sites for hydroxylation is 1. The van der Waals surface area contributed by atoms with Gasteiger partial charge in [-0.25, -0.2) is 14.4 Å². The van der Waals surface area contributed by atoms with Crippen molar-refractivity contribution in [1.29, 1.82) is 0 Å². The van der Waals surface area contributed by atoms with Crippen LogP contribution in [0.4, 0.5) is 10.2 Å². The standard InChI is InChI=1S/C22H26FN5O/c1-2-13-7-14-5-6-25-10-17(14)19(8-13)29-16-4-3-15(9-16)28-11-18(23)20-21(24)26-12-27-22(20)28/h7-8,11-12,15-16,25H,2-6,9-10H2,1H3,(H2,24,26,27)/t15-,16?/m0/s1. The minimum Gasteiger partial charge on any atom is -0.490 e. The van der Waals surface area contributed by atoms with E-state index in [4.69, 9.17) is 10.5 Å². The average molecular weight is 395 g/mol. The number of ether oxygens (including phenoxy) is 1. The van der Waals surface area contributed by atoms with Crippen LogP contribution in [0, 0.1) is 5.82 Å². The molecule has 5 rings (SSSR count). The fourth-order valence-electron chi connectivity index (χ4n) is 4.73. The van der Waals surface area contributed by atoms with Gasteiger partial charge in [-0.2, -0.15) is 0 Å². The molecule has 152 valence electrons. The van der Waals surface area contributed by atoms with Crippen LogP contribution in [0.5, 0.6) is 5.75 Å². The molecule has 1 fully saturated rings. The Morgan fingerprint density at radius 2 is 2.21 bits per heavy atom. The Morgan fingerprint density at radius 3 is 3.07 bits per heavy atom. The van der Waals surface area contributed by atoms with Crippen LogP contribution in [-0.4, -0.2) is 27.2 Å². The molecule has 0 saturated heterocycles. The number of nitrogens with two attached hydrogens (primary N) is 1. The van der Waals surface area contributed by atoms with Crippen LogP contribution >= 0.6 is 0 Å². The third-order valence-corrected chi connectivity index (χ3v) is 6.28. The Balaban J connectivity index is 1.39. The van der Waals surface area contributed by atoms with E-state index in [2.05, 4.69) is 34.3 Å². The predicted octanol–water partition coefficient (Wildman–Crippen LogP) is 3.53. The molecular formula is C22H26FN5O. The highest BCUT2D eigenvalue weighted by Gasteiger charge is 2.30. The van der Waals surface area contributed by atoms with E-state index in [-0.39, 0.29) is 23.8 Å². The summed E-state index contributed by atoms with van der Waals surface area (Å²) >= 11 is 0. The van der Waals surface area contributed by atoms with Gasteiger partial charge in [0.25, 0.3) is 0 Å². The summed E-state index contributed by atoms with van der Waals surface area (Å²) in [5.74, 6) is 0.832. The zero-order valence-corrected chi connectivity index (χ0v) is 16.6. The lowest BCUT2D eigenvalue weighted by Gasteiger charge is -2.24. The summed E-state index contributed by atoms with van der Waals surface area (Å²) < 4.78 is 22.8. The molecule has 1 aliphatic carbocycles. The van der Waals surface area contributed by atoms with Crippen molar-refractivity contribution in [2.75, 3.05) is 12.3 Å². The van der Waals surface area contributed by atoms with Crippen LogP contribution in [-0.2, 0) is 19.4 Å². The molecule has 3 aromatic rings. The quantitative estimate of drug-likeness (QED) is 0.707. The number of benzene rings is 1. The van der Waals surface area contributed by atoms with Crippen LogP contribution in [0.1, 0.15) is 48.9 Å². The Bertz CT molecular complexity index is 1060. The summed E-state index contributed by atoms with van der Waals surface area (Å²) in [4.78, 5) is 8.20. The number of nitrogens with one attached hydrogen (secondary N) is 1. The first kappa shape index (κ1) is 18.4. The monoisotopic (exact) mass is 395 g/mol. The maximum atomic E-state index is 14.4. The lowest BCUT2D eigenvalue weighted by Crippen LogP contribution is -2.25. The second-order valence-corrected chi connectivity index (χ2v) is 8.06. The summed E-state index contributed by atoms with van der Waals surface area (Å²) in [7, 11) is 0. The van der Waals surface area contributed by atoms with E-state index in [0.717, 1.165) is 50.9 Å². The number of anilines is 1. The van der Waals surface area contributed by atoms with Crippen LogP contribution in [0.3, 0.4) is 0 Å². The zero-order valence-electron chi connectivity index (χ0n) is 16.6. The average Bonchev–Trinajstić information content (AvgIpc) is 3.33. The highest BCUT2D eigenvalue weighted by Crippen LogP contribution is 2.38. The van der Waals surface area contributed by atoms with Gasteiger partial charge in [-0.15, -0.1) is 0 Å². The highest BCUT2D eigenvalue weighted by atomic mass is 19.1. The molecule has 0 bridgehead atoms. The number of fused-ring (bicyclic) bond motifs is 2. The van der Waals surface area contributed by atoms with Gasteiger partial charge in [0.15, 0.2) is 5.82 Å². The van der Waals surface area contributed by atoms with Crippen molar-refractivity contribution < 1.29 is 9.13 Å². The molecule has 1 unspecified atom stereocenters. The normalized spacial score (nSPS) is 21.4. The van der Waals surface area contributed by atoms with Crippen molar-refractivity contribution in [2.24, 2.45) is 0 Å². The molecule has 1 saturated carbocycles. The molecule has 1 aromatic carbocycles. The molecule has 3 heterocycles. The molecule has 2 atom stereocenters. The third kappa shape index (κ3) is 3.23. The summed E-state index contributed by atoms with van der Waals surface area (Å²) in [6.45, 7) is 4.05. The van der Waals surface area contributed by atoms with Crippen molar-refractivity contribution in [1.82, 2.24) is 19.9 Å². The SMILES string of the molecule is CCc1cc2c(c(OC3CC[C@H](n4cc(F)c5c(N)ncnc54)C3)c1)CNCC2. The fourth-order valence-corrected chi connectivity index (χ4v) is 4.73. The van der Waals surface area contributed by atoms with Gasteiger partial charge in [-0.1, -0.05) is 13.0 Å². The van der Waals surface area contributed by atoms with E-state index in [1.54, 1.807) is 0 Å². The summed E-state index contributed by atoms with van der Waals surface area (Å²) in [6.07, 6.45) is 7.74. The molecule has 6 nitrogen and oxygen atoms in total. The molecule has 0 amide bonds. The molecule has 7 heteroatoms. The van der Waals surface area contributed by atoms with Gasteiger partial charge in [0.1, 0.15) is 29.6 Å². The van der Waals surface area contributed by atoms with E-state index in [0.29, 0.717) is 11.0 Å². The van der Waals surface area contributed by atoms with Crippen molar-refractivity contribution in [3.05, 3.63) is 47.2 Å². The maximum Gasteiger partial charge on any atom is 0.154 e. The van der Waals surface area contributed by atoms with Crippen LogP contribution in [0.25, 0.3) is 11.0 Å². The van der Waals surface area contributed by atoms with Crippen LogP contribution in [0.15, 0.2) is 24.7 Å². The largest absolute Gasteiger partial charge is 0.490 e. The number of hydrogen-bond acceptors (Lipinski definition) is 5. The number of nitrogen functional groups attached to an aromatic ring is 1. The molecular weight excluding hydrogens is 369 g/mol. The molecule has 0 spiro atoms. The van der Waals surface area contributed by atoms with Gasteiger partial charge in [0, 0.05) is 30.8 Å². The second kappa shape index (κ2) is 7.30. The van der Waals surface area contributed by atoms with E-state index in [1.807, 2.05) is 4.57 Å². The van der Waals surface area contributed by atoms with Gasteiger partial charge in [-0.3, -0.25) is 0 Å². The van der Waals surface area contributed by atoms with Gasteiger partial charge < -0.3 is 20.4 Å². The highest BCUT2D eigenvalue weighted by molar-refractivity contribution is 5.86. The van der Waals surface area contributed by atoms with E-state index >= 15 is 0 Å². The molecule has 0 radical (unpaired) electrons. The zero-order chi connectivity index (χ0) is 20.0. The Morgan fingerprint density at radius 1 is 1.31 bits per heavy atom. The topological polar surface area (TPSA) is 78.0 Å². The summed E-state index contributed by atoms with van der Waals surface area (Å²) in [5.41, 5.74) is 10.4. The minimum absolute atomic E-state index is 0.109. The Hall–Kier alpha value is -2.67. The lowest BCUT2D eigenvalue weighted by atomic mass is 9.96. The van der Waals surface area contributed by atoms with Gasteiger partial charge >= 0.3 is 0 Å². The molecule has 1 aliphatic heterocycles. The van der Waals surface area contributed by atoms with Crippen molar-refractivity contribution in [3.63, 3.8) is 0 Å². The Labute approximate surface area is 169 Å². The molecule has 29 heavy (non-hydrogen) atoms. The van der Waals surface area contributed by atoms with E-state index < -0.39 is 0 Å². The first-order chi connectivity index (χ1) is 14.1. The number of hydrogen-bond donors (Lipinski definition) is 2. The van der Waals surface area contributed by atoms with Crippen molar-refractivity contribution in [3.8, 4) is 5.75 Å². The van der Waals surface area contributed by atoms with Crippen molar-refractivity contribution >= 4 is 16.9 Å². The maximum absolute atomic E-state index is 14.4. The van der Waals surface area contributed by atoms with E-state index in [1.165, 1.54) is 29.2 Å². The van der Waals surface area contributed by atoms with Crippen molar-refractivity contribution in [2.45, 2.75) is 57.7 Å². The molecule has 2 aliphatic rings. The smallest absolute Gasteiger partial charge is 0.154 e. The first-order valence-electron chi connectivity index (χ1n) is 10.4. The molecule has 2 aromatic heterocycles. The number of halogens is 1. The van der Waals surface area contributed by atoms with Crippen LogP contribution in [0.2, 0.25) is 0 Å². The van der Waals surface area contributed by atoms with Gasteiger partial charge in [0.2, 0.25) is 0 Å². The second-order valence-electron chi connectivity index (χ2n) is 8.06. The van der Waals surface area contributed by atoms with Gasteiger partial charge in [0.05, 0.1) is 5.39 Å². The first-order valence-corrected chi connectivity index (χ1v) is 10.4. The number of nitrogens with zero attached hydrogens (tertiary/aromatic N) is 3. The number of rotatable bonds is 4.